The fourth-order valence-corrected chi connectivity index (χ4v) is 10.1. The molecule has 0 spiro atoms. The van der Waals surface area contributed by atoms with Crippen LogP contribution in [0.1, 0.15) is 67.0 Å². The summed E-state index contributed by atoms with van der Waals surface area (Å²) in [5.41, 5.74) is 15.2. The van der Waals surface area contributed by atoms with Gasteiger partial charge in [-0.3, -0.25) is 0 Å². The first-order valence-corrected chi connectivity index (χ1v) is 31.2. The van der Waals surface area contributed by atoms with E-state index in [0.717, 1.165) is 96.0 Å². The molecule has 14 rings (SSSR count). The Hall–Kier alpha value is -9.45. The number of para-hydroxylation sites is 1. The molecule has 0 aliphatic carbocycles. The number of aryl methyl sites for hydroxylation is 10. The summed E-state index contributed by atoms with van der Waals surface area (Å²) in [6.07, 6.45) is 11.7. The fourth-order valence-electron chi connectivity index (χ4n) is 7.80. The van der Waals surface area contributed by atoms with E-state index in [1.165, 1.54) is 16.1 Å². The number of aromatic nitrogens is 11. The van der Waals surface area contributed by atoms with E-state index >= 15 is 0 Å². The second kappa shape index (κ2) is 35.2. The van der Waals surface area contributed by atoms with Gasteiger partial charge in [0.2, 0.25) is 11.8 Å². The molecule has 448 valence electrons. The normalized spacial score (nSPS) is 10.0. The van der Waals surface area contributed by atoms with Crippen LogP contribution in [0.4, 0.5) is 0 Å². The number of nitrogens with zero attached hydrogens (tertiary/aromatic N) is 9. The van der Waals surface area contributed by atoms with Gasteiger partial charge < -0.3 is 23.4 Å². The Morgan fingerprint density at radius 2 is 0.920 bits per heavy atom. The second-order valence-electron chi connectivity index (χ2n) is 19.9. The molecule has 0 amide bonds. The highest BCUT2D eigenvalue weighted by Gasteiger charge is 2.05. The van der Waals surface area contributed by atoms with Gasteiger partial charge in [-0.2, -0.15) is 0 Å². The molecule has 13 nitrogen and oxygen atoms in total. The summed E-state index contributed by atoms with van der Waals surface area (Å²) in [5.74, 6) is 3.24. The lowest BCUT2D eigenvalue weighted by Crippen LogP contribution is -1.87. The zero-order valence-electron chi connectivity index (χ0n) is 51.1. The fraction of sp³-hybridized carbons (Fsp3) is 0.155. The molecule has 88 heavy (non-hydrogen) atoms. The van der Waals surface area contributed by atoms with Gasteiger partial charge in [-0.15, -0.1) is 34.0 Å². The Balaban J connectivity index is 0.000000145. The number of thiazole rings is 3. The van der Waals surface area contributed by atoms with Crippen LogP contribution >= 0.6 is 45.6 Å². The third-order valence-corrected chi connectivity index (χ3v) is 15.1. The molecule has 6 aromatic carbocycles. The molecule has 0 fully saturated rings. The van der Waals surface area contributed by atoms with E-state index in [-0.39, 0.29) is 0 Å². The Kier molecular flexibility index (Phi) is 26.5. The lowest BCUT2D eigenvalue weighted by Gasteiger charge is -1.98. The molecule has 8 heterocycles. The maximum atomic E-state index is 5.75. The minimum Gasteiger partial charge on any atom is -0.444 e. The molecule has 8 aromatic heterocycles. The van der Waals surface area contributed by atoms with Crippen molar-refractivity contribution in [3.8, 4) is 50.6 Å². The summed E-state index contributed by atoms with van der Waals surface area (Å²) in [4.78, 5) is 39.9. The highest BCUT2D eigenvalue weighted by Crippen LogP contribution is 2.24. The molecule has 17 heteroatoms. The van der Waals surface area contributed by atoms with Crippen molar-refractivity contribution in [2.45, 2.75) is 75.7 Å². The summed E-state index contributed by atoms with van der Waals surface area (Å²) in [6.45, 7) is 19.8. The Labute approximate surface area is 533 Å². The average Bonchev–Trinajstić information content (AvgIpc) is 4.61. The minimum atomic E-state index is 0.633. The van der Waals surface area contributed by atoms with Crippen LogP contribution in [0.15, 0.2) is 238 Å². The van der Waals surface area contributed by atoms with E-state index in [2.05, 4.69) is 115 Å². The van der Waals surface area contributed by atoms with Gasteiger partial charge in [0.25, 0.3) is 0 Å². The number of hydrogen-bond donors (Lipinski definition) is 2. The molecule has 0 aliphatic heterocycles. The molecule has 14 aromatic rings. The number of halogens is 1. The average molecular weight is 1240 g/mol. The van der Waals surface area contributed by atoms with Crippen LogP contribution in [0.3, 0.4) is 0 Å². The number of nitrogens with one attached hydrogen (secondary N) is 2. The Bertz CT molecular complexity index is 3780. The SMILES string of the molecule is Cc1cn(-c2ccccc2)cn1.Cc1cnc(-c2ccccc2)[nH]1.Cc1cnc(C)[nH]1.Cc1coc(-c2ccc(Cl)cc2)n1.Cc1coc(-c2ccccc2)n1.Cc1csc(-c2ccccc2)n1.Cc1csc(C)n1.Cc1csc(Cc2ccccc2)n1. The second-order valence-corrected chi connectivity index (χ2v) is 23.2. The quantitative estimate of drug-likeness (QED) is 0.157. The lowest BCUT2D eigenvalue weighted by molar-refractivity contribution is 0.573. The molecule has 0 unspecified atom stereocenters. The van der Waals surface area contributed by atoms with Crippen LogP contribution < -0.4 is 0 Å². The topological polar surface area (TPSA) is 166 Å². The van der Waals surface area contributed by atoms with Gasteiger partial charge in [-0.25, -0.2) is 39.9 Å². The van der Waals surface area contributed by atoms with E-state index < -0.39 is 0 Å². The molecular weight excluding hydrogens is 1170 g/mol. The van der Waals surface area contributed by atoms with Gasteiger partial charge in [0.05, 0.1) is 33.4 Å². The molecular formula is C71H72ClN11O2S3. The molecule has 0 atom stereocenters. The summed E-state index contributed by atoms with van der Waals surface area (Å²) < 4.78 is 12.5. The highest BCUT2D eigenvalue weighted by atomic mass is 35.5. The number of rotatable bonds is 7. The largest absolute Gasteiger partial charge is 0.444 e. The van der Waals surface area contributed by atoms with Crippen LogP contribution in [0.5, 0.6) is 0 Å². The molecule has 0 aliphatic rings. The van der Waals surface area contributed by atoms with Crippen molar-refractivity contribution in [2.24, 2.45) is 0 Å². The smallest absolute Gasteiger partial charge is 0.226 e. The van der Waals surface area contributed by atoms with Crippen molar-refractivity contribution >= 4 is 45.6 Å². The van der Waals surface area contributed by atoms with Crippen molar-refractivity contribution < 1.29 is 8.83 Å². The number of hydrogen-bond acceptors (Lipinski definition) is 13. The monoisotopic (exact) mass is 1240 g/mol. The maximum absolute atomic E-state index is 5.75. The van der Waals surface area contributed by atoms with Crippen LogP contribution in [0, 0.1) is 69.2 Å². The first-order chi connectivity index (χ1) is 42.6. The summed E-state index contributed by atoms with van der Waals surface area (Å²) in [5, 5.41) is 10.4. The highest BCUT2D eigenvalue weighted by molar-refractivity contribution is 7.13. The lowest BCUT2D eigenvalue weighted by atomic mass is 10.2. The van der Waals surface area contributed by atoms with Gasteiger partial charge in [0.15, 0.2) is 0 Å². The van der Waals surface area contributed by atoms with Gasteiger partial charge in [0, 0.05) is 103 Å². The molecule has 0 saturated heterocycles. The number of H-pyrrole nitrogens is 2. The van der Waals surface area contributed by atoms with Gasteiger partial charge in [0.1, 0.15) is 29.2 Å². The predicted molar refractivity (Wildman–Crippen MR) is 363 cm³/mol. The summed E-state index contributed by atoms with van der Waals surface area (Å²) in [6, 6.07) is 58.2. The van der Waals surface area contributed by atoms with E-state index in [9.17, 15) is 0 Å². The predicted octanol–water partition coefficient (Wildman–Crippen LogP) is 19.5. The third kappa shape index (κ3) is 23.4. The Morgan fingerprint density at radius 1 is 0.432 bits per heavy atom. The summed E-state index contributed by atoms with van der Waals surface area (Å²) in [7, 11) is 0. The number of oxazole rings is 2. The van der Waals surface area contributed by atoms with Crippen molar-refractivity contribution in [1.82, 2.24) is 54.4 Å². The van der Waals surface area contributed by atoms with Gasteiger partial charge >= 0.3 is 0 Å². The first kappa shape index (κ1) is 66.1. The zero-order valence-corrected chi connectivity index (χ0v) is 54.3. The number of imidazole rings is 3. The summed E-state index contributed by atoms with van der Waals surface area (Å²) >= 11 is 10.9. The van der Waals surface area contributed by atoms with E-state index in [0.29, 0.717) is 16.8 Å². The maximum Gasteiger partial charge on any atom is 0.226 e. The third-order valence-electron chi connectivity index (χ3n) is 11.9. The van der Waals surface area contributed by atoms with E-state index in [1.54, 1.807) is 46.5 Å². The first-order valence-electron chi connectivity index (χ1n) is 28.2. The van der Waals surface area contributed by atoms with Crippen molar-refractivity contribution in [2.75, 3.05) is 0 Å². The van der Waals surface area contributed by atoms with Crippen molar-refractivity contribution in [1.29, 1.82) is 0 Å². The molecule has 0 saturated carbocycles. The van der Waals surface area contributed by atoms with Crippen molar-refractivity contribution in [3.63, 3.8) is 0 Å². The molecule has 0 bridgehead atoms. The number of benzene rings is 6. The van der Waals surface area contributed by atoms with Gasteiger partial charge in [-0.1, -0.05) is 139 Å². The Morgan fingerprint density at radius 3 is 1.33 bits per heavy atom. The van der Waals surface area contributed by atoms with Crippen LogP contribution in [0.2, 0.25) is 5.02 Å². The standard InChI is InChI=1S/C11H11NS.C10H8ClNO.2C10H10N2.C10H9NO.C10H9NS.C5H8N2.C5H7NS/c1-9-8-13-11(12-9)7-10-5-3-2-4-6-10;1-7-6-13-10(12-7)8-2-4-9(11)5-3-8;1-9-7-12(8-11-9)10-5-3-2-4-6-10;1-8-7-11-10(12-8)9-5-3-2-4-6-9;2*1-8-7-12-10(11-8)9-5-3-2-4-6-9;1-4-3-6-5(2)7-4;1-4-3-7-5(2)6-4/h2-6,8H,7H2,1H3;2-6H,1H3;2-8H,1H3;2-7H,1H3,(H,11,12);2*2-7H,1H3;3H,1-2H3,(H,6,7);3H,1-2H3. The van der Waals surface area contributed by atoms with Crippen LogP contribution in [-0.2, 0) is 6.42 Å². The van der Waals surface area contributed by atoms with E-state index in [1.807, 2.05) is 226 Å². The molecule has 2 N–H and O–H groups in total. The molecule has 0 radical (unpaired) electrons. The van der Waals surface area contributed by atoms with Crippen LogP contribution in [0.25, 0.3) is 50.6 Å². The van der Waals surface area contributed by atoms with E-state index in [4.69, 9.17) is 20.4 Å². The minimum absolute atomic E-state index is 0.633. The zero-order chi connectivity index (χ0) is 62.5. The number of aromatic amines is 2. The van der Waals surface area contributed by atoms with Gasteiger partial charge in [-0.05, 0) is 123 Å². The van der Waals surface area contributed by atoms with Crippen LogP contribution in [-0.4, -0.2) is 54.4 Å². The van der Waals surface area contributed by atoms with Crippen molar-refractivity contribution in [3.05, 3.63) is 301 Å².